The number of carbonyl (C=O) groups excluding carboxylic acids is 1. The van der Waals surface area contributed by atoms with Crippen LogP contribution in [0.1, 0.15) is 33.1 Å². The quantitative estimate of drug-likeness (QED) is 0.705. The average molecular weight is 219 g/mol. The summed E-state index contributed by atoms with van der Waals surface area (Å²) in [4.78, 5) is 22.8. The SMILES string of the molecule is CCCCC(F)C(=O)N(CC)CC(=O)O. The van der Waals surface area contributed by atoms with E-state index in [1.54, 1.807) is 6.92 Å². The minimum Gasteiger partial charge on any atom is -0.480 e. The first-order valence-corrected chi connectivity index (χ1v) is 5.17. The van der Waals surface area contributed by atoms with E-state index >= 15 is 0 Å². The second-order valence-electron chi connectivity index (χ2n) is 3.36. The summed E-state index contributed by atoms with van der Waals surface area (Å²) in [5.41, 5.74) is 0. The van der Waals surface area contributed by atoms with Gasteiger partial charge in [0.25, 0.3) is 5.91 Å². The number of carboxylic acids is 1. The fourth-order valence-electron chi connectivity index (χ4n) is 1.21. The molecule has 0 bridgehead atoms. The van der Waals surface area contributed by atoms with Crippen LogP contribution in [-0.4, -0.2) is 41.1 Å². The summed E-state index contributed by atoms with van der Waals surface area (Å²) in [5.74, 6) is -1.83. The van der Waals surface area contributed by atoms with Crippen molar-refractivity contribution in [3.05, 3.63) is 0 Å². The molecule has 0 aliphatic heterocycles. The average Bonchev–Trinajstić information content (AvgIpc) is 2.21. The molecule has 0 saturated heterocycles. The molecule has 1 N–H and O–H groups in total. The van der Waals surface area contributed by atoms with Crippen LogP contribution in [0.5, 0.6) is 0 Å². The fraction of sp³-hybridized carbons (Fsp3) is 0.800. The largest absolute Gasteiger partial charge is 0.480 e. The van der Waals surface area contributed by atoms with Gasteiger partial charge in [0.05, 0.1) is 0 Å². The molecular formula is C10H18FNO3. The molecule has 5 heteroatoms. The molecule has 0 heterocycles. The summed E-state index contributed by atoms with van der Waals surface area (Å²) in [7, 11) is 0. The summed E-state index contributed by atoms with van der Waals surface area (Å²) < 4.78 is 13.3. The van der Waals surface area contributed by atoms with E-state index in [2.05, 4.69) is 0 Å². The first-order valence-electron chi connectivity index (χ1n) is 5.17. The lowest BCUT2D eigenvalue weighted by atomic mass is 10.1. The van der Waals surface area contributed by atoms with Crippen LogP contribution in [-0.2, 0) is 9.59 Å². The van der Waals surface area contributed by atoms with Crippen LogP contribution < -0.4 is 0 Å². The summed E-state index contributed by atoms with van der Waals surface area (Å²) in [6.45, 7) is 3.33. The van der Waals surface area contributed by atoms with E-state index in [1.807, 2.05) is 6.92 Å². The van der Waals surface area contributed by atoms with Crippen molar-refractivity contribution in [2.24, 2.45) is 0 Å². The third-order valence-electron chi connectivity index (χ3n) is 2.10. The van der Waals surface area contributed by atoms with Gasteiger partial charge in [-0.15, -0.1) is 0 Å². The number of rotatable bonds is 7. The molecule has 88 valence electrons. The van der Waals surface area contributed by atoms with Crippen molar-refractivity contribution in [1.29, 1.82) is 0 Å². The Bertz CT molecular complexity index is 221. The molecule has 0 aromatic rings. The Balaban J connectivity index is 4.17. The van der Waals surface area contributed by atoms with Gasteiger partial charge in [0.15, 0.2) is 6.17 Å². The Morgan fingerprint density at radius 1 is 1.40 bits per heavy atom. The number of halogens is 1. The highest BCUT2D eigenvalue weighted by atomic mass is 19.1. The number of hydrogen-bond acceptors (Lipinski definition) is 2. The lowest BCUT2D eigenvalue weighted by Crippen LogP contribution is -2.40. The van der Waals surface area contributed by atoms with Gasteiger partial charge in [-0.25, -0.2) is 4.39 Å². The van der Waals surface area contributed by atoms with Crippen molar-refractivity contribution < 1.29 is 19.1 Å². The van der Waals surface area contributed by atoms with Gasteiger partial charge >= 0.3 is 5.97 Å². The van der Waals surface area contributed by atoms with Gasteiger partial charge in [0.1, 0.15) is 6.54 Å². The van der Waals surface area contributed by atoms with Crippen LogP contribution in [0.4, 0.5) is 4.39 Å². The number of nitrogens with zero attached hydrogens (tertiary/aromatic N) is 1. The number of aliphatic carboxylic acids is 1. The number of hydrogen-bond donors (Lipinski definition) is 1. The number of carboxylic acid groups (broad SMARTS) is 1. The molecule has 0 spiro atoms. The second-order valence-corrected chi connectivity index (χ2v) is 3.36. The highest BCUT2D eigenvalue weighted by Crippen LogP contribution is 2.08. The van der Waals surface area contributed by atoms with Crippen molar-refractivity contribution in [3.8, 4) is 0 Å². The Kier molecular flexibility index (Phi) is 6.66. The lowest BCUT2D eigenvalue weighted by Gasteiger charge is -2.20. The molecule has 0 saturated carbocycles. The fourth-order valence-corrected chi connectivity index (χ4v) is 1.21. The zero-order chi connectivity index (χ0) is 11.8. The van der Waals surface area contributed by atoms with Gasteiger partial charge in [0.2, 0.25) is 0 Å². The minimum absolute atomic E-state index is 0.172. The van der Waals surface area contributed by atoms with E-state index in [1.165, 1.54) is 0 Å². The highest BCUT2D eigenvalue weighted by molar-refractivity contribution is 5.84. The number of amides is 1. The van der Waals surface area contributed by atoms with Crippen LogP contribution >= 0.6 is 0 Å². The van der Waals surface area contributed by atoms with Gasteiger partial charge in [-0.3, -0.25) is 9.59 Å². The topological polar surface area (TPSA) is 57.6 Å². The number of carbonyl (C=O) groups is 2. The first-order chi connectivity index (χ1) is 7.02. The maximum Gasteiger partial charge on any atom is 0.323 e. The lowest BCUT2D eigenvalue weighted by molar-refractivity contribution is -0.146. The van der Waals surface area contributed by atoms with Crippen LogP contribution in [0.15, 0.2) is 0 Å². The van der Waals surface area contributed by atoms with Crippen molar-refractivity contribution in [2.45, 2.75) is 39.3 Å². The molecule has 0 aliphatic rings. The summed E-state index contributed by atoms with van der Waals surface area (Å²) >= 11 is 0. The van der Waals surface area contributed by atoms with Crippen molar-refractivity contribution in [2.75, 3.05) is 13.1 Å². The Hall–Kier alpha value is -1.13. The first kappa shape index (κ1) is 13.9. The third kappa shape index (κ3) is 5.34. The number of alkyl halides is 1. The second kappa shape index (κ2) is 7.20. The van der Waals surface area contributed by atoms with E-state index in [4.69, 9.17) is 5.11 Å². The standard InChI is InChI=1S/C10H18FNO3/c1-3-5-6-8(11)10(15)12(4-2)7-9(13)14/h8H,3-7H2,1-2H3,(H,13,14). The summed E-state index contributed by atoms with van der Waals surface area (Å²) in [6.07, 6.45) is 0.0612. The zero-order valence-corrected chi connectivity index (χ0v) is 9.20. The summed E-state index contributed by atoms with van der Waals surface area (Å²) in [5, 5.41) is 8.51. The van der Waals surface area contributed by atoms with Crippen LogP contribution in [0.25, 0.3) is 0 Å². The van der Waals surface area contributed by atoms with Crippen LogP contribution in [0, 0.1) is 0 Å². The molecule has 0 aromatic carbocycles. The zero-order valence-electron chi connectivity index (χ0n) is 9.20. The molecule has 1 amide bonds. The molecule has 0 aliphatic carbocycles. The molecule has 15 heavy (non-hydrogen) atoms. The molecular weight excluding hydrogens is 201 g/mol. The molecule has 0 radical (unpaired) electrons. The molecule has 4 nitrogen and oxygen atoms in total. The van der Waals surface area contributed by atoms with E-state index in [0.29, 0.717) is 6.42 Å². The highest BCUT2D eigenvalue weighted by Gasteiger charge is 2.23. The van der Waals surface area contributed by atoms with Crippen LogP contribution in [0.2, 0.25) is 0 Å². The predicted molar refractivity (Wildman–Crippen MR) is 54.3 cm³/mol. The van der Waals surface area contributed by atoms with Crippen molar-refractivity contribution in [1.82, 2.24) is 4.90 Å². The Morgan fingerprint density at radius 3 is 2.40 bits per heavy atom. The summed E-state index contributed by atoms with van der Waals surface area (Å²) in [6, 6.07) is 0. The van der Waals surface area contributed by atoms with Gasteiger partial charge in [-0.05, 0) is 13.3 Å². The van der Waals surface area contributed by atoms with E-state index in [-0.39, 0.29) is 13.0 Å². The van der Waals surface area contributed by atoms with E-state index < -0.39 is 24.6 Å². The van der Waals surface area contributed by atoms with Gasteiger partial charge < -0.3 is 10.0 Å². The van der Waals surface area contributed by atoms with Crippen LogP contribution in [0.3, 0.4) is 0 Å². The third-order valence-corrected chi connectivity index (χ3v) is 2.10. The normalized spacial score (nSPS) is 12.2. The molecule has 1 atom stereocenters. The monoisotopic (exact) mass is 219 g/mol. The number of likely N-dealkylation sites (N-methyl/N-ethyl adjacent to an activating group) is 1. The Morgan fingerprint density at radius 2 is 2.00 bits per heavy atom. The molecule has 0 rings (SSSR count). The van der Waals surface area contributed by atoms with Gasteiger partial charge in [-0.2, -0.15) is 0 Å². The smallest absolute Gasteiger partial charge is 0.323 e. The van der Waals surface area contributed by atoms with Gasteiger partial charge in [0, 0.05) is 6.54 Å². The van der Waals surface area contributed by atoms with Gasteiger partial charge in [-0.1, -0.05) is 19.8 Å². The van der Waals surface area contributed by atoms with Crippen molar-refractivity contribution in [3.63, 3.8) is 0 Å². The number of unbranched alkanes of at least 4 members (excludes halogenated alkanes) is 1. The van der Waals surface area contributed by atoms with Crippen molar-refractivity contribution >= 4 is 11.9 Å². The molecule has 0 aromatic heterocycles. The van der Waals surface area contributed by atoms with E-state index in [9.17, 15) is 14.0 Å². The van der Waals surface area contributed by atoms with E-state index in [0.717, 1.165) is 11.3 Å². The Labute approximate surface area is 89.1 Å². The molecule has 0 fully saturated rings. The minimum atomic E-state index is -1.57. The predicted octanol–water partition coefficient (Wildman–Crippen LogP) is 1.45. The molecule has 1 unspecified atom stereocenters. The maximum absolute atomic E-state index is 13.3. The maximum atomic E-state index is 13.3.